The van der Waals surface area contributed by atoms with Gasteiger partial charge in [-0.25, -0.2) is 0 Å². The number of rotatable bonds is 6. The van der Waals surface area contributed by atoms with E-state index in [1.807, 2.05) is 6.92 Å². The van der Waals surface area contributed by atoms with E-state index < -0.39 is 0 Å². The zero-order valence-electron chi connectivity index (χ0n) is 15.7. The number of hydrogen-bond acceptors (Lipinski definition) is 4. The Labute approximate surface area is 153 Å². The number of pyridine rings is 1. The van der Waals surface area contributed by atoms with Crippen molar-refractivity contribution in [3.05, 3.63) is 33.2 Å². The summed E-state index contributed by atoms with van der Waals surface area (Å²) in [7, 11) is 0. The Bertz CT molecular complexity index is 754. The molecule has 1 aromatic heterocycles. The number of likely N-dealkylation sites (tertiary alicyclic amines) is 1. The molecule has 3 N–H and O–H groups in total. The predicted molar refractivity (Wildman–Crippen MR) is 99.2 cm³/mol. The van der Waals surface area contributed by atoms with Crippen LogP contribution in [-0.4, -0.2) is 53.4 Å². The molecule has 2 amide bonds. The number of nitrogens with one attached hydrogen (secondary N) is 3. The summed E-state index contributed by atoms with van der Waals surface area (Å²) >= 11 is 0. The largest absolute Gasteiger partial charge is 0.355 e. The van der Waals surface area contributed by atoms with Gasteiger partial charge in [-0.15, -0.1) is 0 Å². The maximum atomic E-state index is 12.6. The van der Waals surface area contributed by atoms with Gasteiger partial charge in [-0.2, -0.15) is 0 Å². The Kier molecular flexibility index (Phi) is 5.46. The Morgan fingerprint density at radius 1 is 1.31 bits per heavy atom. The van der Waals surface area contributed by atoms with Gasteiger partial charge >= 0.3 is 0 Å². The molecule has 2 heterocycles. The quantitative estimate of drug-likeness (QED) is 0.696. The predicted octanol–water partition coefficient (Wildman–Crippen LogP) is 0.711. The van der Waals surface area contributed by atoms with Crippen molar-refractivity contribution in [2.45, 2.75) is 52.1 Å². The summed E-state index contributed by atoms with van der Waals surface area (Å²) in [6.07, 6.45) is 3.01. The second kappa shape index (κ2) is 7.61. The summed E-state index contributed by atoms with van der Waals surface area (Å²) in [5.74, 6) is 0.328. The highest BCUT2D eigenvalue weighted by Gasteiger charge is 2.40. The number of aromatic amines is 1. The fourth-order valence-corrected chi connectivity index (χ4v) is 3.80. The minimum atomic E-state index is -0.367. The minimum absolute atomic E-state index is 0.0225. The number of likely N-dealkylation sites (N-methyl/N-ethyl adjacent to an activating group) is 1. The van der Waals surface area contributed by atoms with E-state index in [0.29, 0.717) is 31.0 Å². The van der Waals surface area contributed by atoms with Gasteiger partial charge in [0, 0.05) is 31.4 Å². The summed E-state index contributed by atoms with van der Waals surface area (Å²) in [6.45, 7) is 7.61. The van der Waals surface area contributed by atoms with E-state index in [2.05, 4.69) is 20.5 Å². The van der Waals surface area contributed by atoms with Gasteiger partial charge in [0.25, 0.3) is 11.5 Å². The van der Waals surface area contributed by atoms with Crippen LogP contribution in [0.5, 0.6) is 0 Å². The van der Waals surface area contributed by atoms with Crippen LogP contribution in [0.1, 0.15) is 47.8 Å². The molecule has 0 radical (unpaired) electrons. The monoisotopic (exact) mass is 360 g/mol. The summed E-state index contributed by atoms with van der Waals surface area (Å²) in [4.78, 5) is 42.1. The SMILES string of the molecule is CCNC(=O)[C@@H]1C[C@H](NC(=O)c2c(C)cc(C)[nH]c2=O)CN1CC1CC1. The molecule has 142 valence electrons. The molecular weight excluding hydrogens is 332 g/mol. The topological polar surface area (TPSA) is 94.3 Å². The molecule has 0 aromatic carbocycles. The zero-order chi connectivity index (χ0) is 18.8. The molecule has 2 aliphatic rings. The van der Waals surface area contributed by atoms with Crippen LogP contribution in [0.4, 0.5) is 0 Å². The summed E-state index contributed by atoms with van der Waals surface area (Å²) < 4.78 is 0. The summed E-state index contributed by atoms with van der Waals surface area (Å²) in [5, 5.41) is 5.86. The lowest BCUT2D eigenvalue weighted by Crippen LogP contribution is -2.43. The van der Waals surface area contributed by atoms with Crippen molar-refractivity contribution in [1.82, 2.24) is 20.5 Å². The number of aryl methyl sites for hydroxylation is 2. The van der Waals surface area contributed by atoms with Crippen LogP contribution in [-0.2, 0) is 4.79 Å². The molecule has 2 atom stereocenters. The van der Waals surface area contributed by atoms with E-state index in [1.165, 1.54) is 12.8 Å². The number of hydrogen-bond donors (Lipinski definition) is 3. The number of aromatic nitrogens is 1. The normalized spacial score (nSPS) is 23.0. The molecule has 26 heavy (non-hydrogen) atoms. The van der Waals surface area contributed by atoms with Crippen LogP contribution < -0.4 is 16.2 Å². The van der Waals surface area contributed by atoms with Gasteiger partial charge in [-0.1, -0.05) is 0 Å². The number of nitrogens with zero attached hydrogens (tertiary/aromatic N) is 1. The van der Waals surface area contributed by atoms with Crippen molar-refractivity contribution in [3.8, 4) is 0 Å². The van der Waals surface area contributed by atoms with Gasteiger partial charge in [0.15, 0.2) is 0 Å². The molecular formula is C19H28N4O3. The molecule has 0 unspecified atom stereocenters. The van der Waals surface area contributed by atoms with Crippen LogP contribution in [0.25, 0.3) is 0 Å². The first-order valence-corrected chi connectivity index (χ1v) is 9.42. The van der Waals surface area contributed by atoms with Gasteiger partial charge < -0.3 is 15.6 Å². The third-order valence-corrected chi connectivity index (χ3v) is 5.17. The van der Waals surface area contributed by atoms with Crippen LogP contribution in [0.2, 0.25) is 0 Å². The number of carbonyl (C=O) groups is 2. The molecule has 0 bridgehead atoms. The molecule has 7 heteroatoms. The van der Waals surface area contributed by atoms with Crippen molar-refractivity contribution in [1.29, 1.82) is 0 Å². The first-order chi connectivity index (χ1) is 12.4. The lowest BCUT2D eigenvalue weighted by molar-refractivity contribution is -0.125. The highest BCUT2D eigenvalue weighted by Crippen LogP contribution is 2.32. The lowest BCUT2D eigenvalue weighted by Gasteiger charge is -2.22. The van der Waals surface area contributed by atoms with E-state index >= 15 is 0 Å². The Morgan fingerprint density at radius 2 is 2.04 bits per heavy atom. The van der Waals surface area contributed by atoms with Crippen LogP contribution in [0.3, 0.4) is 0 Å². The maximum Gasteiger partial charge on any atom is 0.261 e. The van der Waals surface area contributed by atoms with Crippen molar-refractivity contribution in [3.63, 3.8) is 0 Å². The van der Waals surface area contributed by atoms with Crippen molar-refractivity contribution < 1.29 is 9.59 Å². The van der Waals surface area contributed by atoms with E-state index in [0.717, 1.165) is 12.2 Å². The fourth-order valence-electron chi connectivity index (χ4n) is 3.80. The molecule has 2 fully saturated rings. The fraction of sp³-hybridized carbons (Fsp3) is 0.632. The van der Waals surface area contributed by atoms with Crippen LogP contribution >= 0.6 is 0 Å². The first-order valence-electron chi connectivity index (χ1n) is 9.42. The van der Waals surface area contributed by atoms with E-state index in [4.69, 9.17) is 0 Å². The third kappa shape index (κ3) is 4.15. The third-order valence-electron chi connectivity index (χ3n) is 5.17. The van der Waals surface area contributed by atoms with Crippen LogP contribution in [0, 0.1) is 19.8 Å². The molecule has 1 aliphatic heterocycles. The number of carbonyl (C=O) groups excluding carboxylic acids is 2. The molecule has 0 spiro atoms. The second-order valence-electron chi connectivity index (χ2n) is 7.55. The molecule has 1 aliphatic carbocycles. The van der Waals surface area contributed by atoms with Crippen molar-refractivity contribution in [2.24, 2.45) is 5.92 Å². The van der Waals surface area contributed by atoms with E-state index in [9.17, 15) is 14.4 Å². The highest BCUT2D eigenvalue weighted by atomic mass is 16.2. The summed E-state index contributed by atoms with van der Waals surface area (Å²) in [5.41, 5.74) is 1.19. The van der Waals surface area contributed by atoms with E-state index in [-0.39, 0.29) is 35.0 Å². The Balaban J connectivity index is 1.70. The number of H-pyrrole nitrogens is 1. The van der Waals surface area contributed by atoms with Gasteiger partial charge in [-0.05, 0) is 57.6 Å². The van der Waals surface area contributed by atoms with Crippen LogP contribution in [0.15, 0.2) is 10.9 Å². The standard InChI is InChI=1S/C19H28N4O3/c1-4-20-17(24)15-8-14(10-23(15)9-13-5-6-13)22-19(26)16-11(2)7-12(3)21-18(16)25/h7,13-15H,4-6,8-10H2,1-3H3,(H,20,24)(H,21,25)(H,22,26)/t14-,15-/m0/s1. The van der Waals surface area contributed by atoms with Gasteiger partial charge in [0.2, 0.25) is 5.91 Å². The van der Waals surface area contributed by atoms with Gasteiger partial charge in [0.05, 0.1) is 6.04 Å². The number of amides is 2. The molecule has 1 saturated carbocycles. The van der Waals surface area contributed by atoms with Gasteiger partial charge in [-0.3, -0.25) is 19.3 Å². The first kappa shape index (κ1) is 18.6. The Hall–Kier alpha value is -2.15. The van der Waals surface area contributed by atoms with Crippen molar-refractivity contribution >= 4 is 11.8 Å². The molecule has 1 saturated heterocycles. The molecule has 3 rings (SSSR count). The smallest absolute Gasteiger partial charge is 0.261 e. The Morgan fingerprint density at radius 3 is 2.65 bits per heavy atom. The molecule has 1 aromatic rings. The van der Waals surface area contributed by atoms with Gasteiger partial charge in [0.1, 0.15) is 5.56 Å². The van der Waals surface area contributed by atoms with E-state index in [1.54, 1.807) is 19.9 Å². The maximum absolute atomic E-state index is 12.6. The zero-order valence-corrected chi connectivity index (χ0v) is 15.7. The lowest BCUT2D eigenvalue weighted by atomic mass is 10.1. The average molecular weight is 360 g/mol. The molecule has 7 nitrogen and oxygen atoms in total. The average Bonchev–Trinajstić information content (AvgIpc) is 3.26. The second-order valence-corrected chi connectivity index (χ2v) is 7.55. The highest BCUT2D eigenvalue weighted by molar-refractivity contribution is 5.95. The van der Waals surface area contributed by atoms with Crippen molar-refractivity contribution in [2.75, 3.05) is 19.6 Å². The summed E-state index contributed by atoms with van der Waals surface area (Å²) in [6, 6.07) is 1.45. The minimum Gasteiger partial charge on any atom is -0.355 e.